The molecule has 0 radical (unpaired) electrons. The van der Waals surface area contributed by atoms with Crippen molar-refractivity contribution in [2.24, 2.45) is 16.3 Å². The van der Waals surface area contributed by atoms with Crippen LogP contribution in [-0.2, 0) is 9.59 Å². The summed E-state index contributed by atoms with van der Waals surface area (Å²) in [5, 5.41) is 10.5. The van der Waals surface area contributed by atoms with Gasteiger partial charge in [0, 0.05) is 17.2 Å². The first kappa shape index (κ1) is 22.4. The average Bonchev–Trinajstić information content (AvgIpc) is 2.69. The molecule has 0 amide bonds. The molecule has 28 heavy (non-hydrogen) atoms. The number of hydrogen-bond donors (Lipinski definition) is 1. The summed E-state index contributed by atoms with van der Waals surface area (Å²) in [5.74, 6) is -0.567. The Morgan fingerprint density at radius 2 is 1.79 bits per heavy atom. The van der Waals surface area contributed by atoms with E-state index in [1.54, 1.807) is 0 Å². The summed E-state index contributed by atoms with van der Waals surface area (Å²) in [5.41, 5.74) is 1.64. The number of aliphatic imine (C=N–C) groups is 1. The van der Waals surface area contributed by atoms with Crippen LogP contribution < -0.4 is 0 Å². The van der Waals surface area contributed by atoms with Crippen molar-refractivity contribution in [2.45, 2.75) is 59.8 Å². The number of carbonyl (C=O) groups is 2. The number of carboxylic acid groups (broad SMARTS) is 1. The maximum atomic E-state index is 13.1. The van der Waals surface area contributed by atoms with Crippen molar-refractivity contribution >= 4 is 28.6 Å². The second kappa shape index (κ2) is 10.1. The zero-order chi connectivity index (χ0) is 20.7. The van der Waals surface area contributed by atoms with Gasteiger partial charge in [0.15, 0.2) is 0 Å². The lowest BCUT2D eigenvalue weighted by atomic mass is 9.61. The Kier molecular flexibility index (Phi) is 8.05. The van der Waals surface area contributed by atoms with E-state index >= 15 is 0 Å². The molecular formula is C23H31NO3S. The van der Waals surface area contributed by atoms with Crippen molar-refractivity contribution in [3.05, 3.63) is 47.2 Å². The van der Waals surface area contributed by atoms with Crippen LogP contribution in [0.25, 0.3) is 0 Å². The molecule has 5 heteroatoms. The highest BCUT2D eigenvalue weighted by Crippen LogP contribution is 2.49. The van der Waals surface area contributed by atoms with E-state index in [9.17, 15) is 14.7 Å². The summed E-state index contributed by atoms with van der Waals surface area (Å²) in [6.07, 6.45) is 3.26. The van der Waals surface area contributed by atoms with Crippen LogP contribution in [0.3, 0.4) is 0 Å². The molecule has 2 rings (SSSR count). The van der Waals surface area contributed by atoms with Gasteiger partial charge in [-0.05, 0) is 30.6 Å². The number of benzene rings is 1. The Hall–Kier alpha value is -1.88. The SMILES string of the molecule is CCCC1C(C(=O)SCC)=C(CC)N=C(c2ccccc2)C1(CCC)C(=O)O. The first-order valence-corrected chi connectivity index (χ1v) is 11.2. The van der Waals surface area contributed by atoms with Crippen molar-refractivity contribution in [1.82, 2.24) is 0 Å². The second-order valence-electron chi connectivity index (χ2n) is 7.13. The lowest BCUT2D eigenvalue weighted by molar-refractivity contribution is -0.147. The average molecular weight is 402 g/mol. The Morgan fingerprint density at radius 3 is 2.29 bits per heavy atom. The van der Waals surface area contributed by atoms with Gasteiger partial charge in [-0.25, -0.2) is 0 Å². The van der Waals surface area contributed by atoms with Gasteiger partial charge in [0.2, 0.25) is 5.12 Å². The Bertz CT molecular complexity index is 769. The molecule has 0 spiro atoms. The van der Waals surface area contributed by atoms with Crippen LogP contribution in [0.15, 0.2) is 46.6 Å². The number of carbonyl (C=O) groups excluding carboxylic acids is 1. The van der Waals surface area contributed by atoms with Crippen LogP contribution in [0.4, 0.5) is 0 Å². The molecule has 1 aromatic rings. The number of hydrogen-bond acceptors (Lipinski definition) is 4. The number of thioether (sulfide) groups is 1. The molecule has 0 fully saturated rings. The molecular weight excluding hydrogens is 370 g/mol. The Morgan fingerprint density at radius 1 is 1.11 bits per heavy atom. The van der Waals surface area contributed by atoms with Gasteiger partial charge in [0.05, 0.1) is 5.71 Å². The van der Waals surface area contributed by atoms with Gasteiger partial charge >= 0.3 is 5.97 Å². The summed E-state index contributed by atoms with van der Waals surface area (Å²) in [6, 6.07) is 9.59. The van der Waals surface area contributed by atoms with Crippen molar-refractivity contribution < 1.29 is 14.7 Å². The van der Waals surface area contributed by atoms with Gasteiger partial charge in [-0.1, -0.05) is 82.6 Å². The third-order valence-electron chi connectivity index (χ3n) is 5.40. The van der Waals surface area contributed by atoms with Gasteiger partial charge in [0.1, 0.15) is 5.41 Å². The first-order valence-electron chi connectivity index (χ1n) is 10.3. The van der Waals surface area contributed by atoms with Crippen LogP contribution >= 0.6 is 11.8 Å². The summed E-state index contributed by atoms with van der Waals surface area (Å²) in [6.45, 7) is 7.98. The minimum Gasteiger partial charge on any atom is -0.481 e. The normalized spacial score (nSPS) is 22.1. The van der Waals surface area contributed by atoms with E-state index in [2.05, 4.69) is 0 Å². The third kappa shape index (κ3) is 4.09. The second-order valence-corrected chi connectivity index (χ2v) is 8.37. The predicted molar refractivity (Wildman–Crippen MR) is 117 cm³/mol. The van der Waals surface area contributed by atoms with Gasteiger partial charge in [-0.2, -0.15) is 0 Å². The molecule has 1 aliphatic rings. The van der Waals surface area contributed by atoms with E-state index in [0.29, 0.717) is 42.7 Å². The van der Waals surface area contributed by atoms with E-state index in [0.717, 1.165) is 17.7 Å². The van der Waals surface area contributed by atoms with Gasteiger partial charge in [-0.15, -0.1) is 0 Å². The fourth-order valence-corrected chi connectivity index (χ4v) is 4.97. The van der Waals surface area contributed by atoms with Crippen LogP contribution in [0, 0.1) is 11.3 Å². The van der Waals surface area contributed by atoms with Gasteiger partial charge in [-0.3, -0.25) is 14.6 Å². The van der Waals surface area contributed by atoms with Crippen LogP contribution in [0.5, 0.6) is 0 Å². The zero-order valence-electron chi connectivity index (χ0n) is 17.3. The summed E-state index contributed by atoms with van der Waals surface area (Å²) >= 11 is 1.26. The number of carboxylic acids is 1. The molecule has 1 N–H and O–H groups in total. The molecule has 152 valence electrons. The first-order chi connectivity index (χ1) is 13.5. The van der Waals surface area contributed by atoms with E-state index in [-0.39, 0.29) is 11.0 Å². The van der Waals surface area contributed by atoms with Gasteiger partial charge in [0.25, 0.3) is 0 Å². The maximum Gasteiger partial charge on any atom is 0.316 e. The van der Waals surface area contributed by atoms with Gasteiger partial charge < -0.3 is 5.11 Å². The van der Waals surface area contributed by atoms with E-state index in [1.165, 1.54) is 11.8 Å². The van der Waals surface area contributed by atoms with Crippen molar-refractivity contribution in [3.8, 4) is 0 Å². The topological polar surface area (TPSA) is 66.7 Å². The zero-order valence-corrected chi connectivity index (χ0v) is 18.1. The Labute approximate surface area is 172 Å². The fraction of sp³-hybridized carbons (Fsp3) is 0.522. The molecule has 0 saturated carbocycles. The summed E-state index contributed by atoms with van der Waals surface area (Å²) in [4.78, 5) is 30.8. The van der Waals surface area contributed by atoms with E-state index in [1.807, 2.05) is 58.0 Å². The highest BCUT2D eigenvalue weighted by atomic mass is 32.2. The number of allylic oxidation sites excluding steroid dienone is 1. The third-order valence-corrected chi connectivity index (χ3v) is 6.18. The minimum atomic E-state index is -1.18. The number of rotatable bonds is 9. The molecule has 0 aromatic heterocycles. The molecule has 4 nitrogen and oxygen atoms in total. The molecule has 0 aliphatic carbocycles. The molecule has 1 aromatic carbocycles. The van der Waals surface area contributed by atoms with Crippen LogP contribution in [0.1, 0.15) is 65.4 Å². The monoisotopic (exact) mass is 401 g/mol. The standard InChI is InChI=1S/C23H31NO3S/c1-5-12-17-19(21(25)28-8-4)18(7-3)24-20(16-13-10-9-11-14-16)23(17,15-6-2)22(26)27/h9-11,13-14,17H,5-8,12,15H2,1-4H3,(H,26,27). The van der Waals surface area contributed by atoms with E-state index in [4.69, 9.17) is 4.99 Å². The van der Waals surface area contributed by atoms with Crippen LogP contribution in [-0.4, -0.2) is 27.7 Å². The lowest BCUT2D eigenvalue weighted by Gasteiger charge is -2.42. The Balaban J connectivity index is 2.85. The number of aliphatic carboxylic acids is 1. The molecule has 1 aliphatic heterocycles. The summed E-state index contributed by atoms with van der Waals surface area (Å²) < 4.78 is 0. The smallest absolute Gasteiger partial charge is 0.316 e. The quantitative estimate of drug-likeness (QED) is 0.574. The molecule has 0 bridgehead atoms. The lowest BCUT2D eigenvalue weighted by Crippen LogP contribution is -2.50. The molecule has 1 heterocycles. The molecule has 0 saturated heterocycles. The maximum absolute atomic E-state index is 13.1. The number of nitrogens with zero attached hydrogens (tertiary/aromatic N) is 1. The van der Waals surface area contributed by atoms with Crippen molar-refractivity contribution in [3.63, 3.8) is 0 Å². The molecule has 2 unspecified atom stereocenters. The highest BCUT2D eigenvalue weighted by Gasteiger charge is 2.54. The van der Waals surface area contributed by atoms with Crippen molar-refractivity contribution in [1.29, 1.82) is 0 Å². The largest absolute Gasteiger partial charge is 0.481 e. The highest BCUT2D eigenvalue weighted by molar-refractivity contribution is 8.14. The minimum absolute atomic E-state index is 0.0182. The summed E-state index contributed by atoms with van der Waals surface area (Å²) in [7, 11) is 0. The predicted octanol–water partition coefficient (Wildman–Crippen LogP) is 5.72. The van der Waals surface area contributed by atoms with E-state index < -0.39 is 11.4 Å². The molecule has 2 atom stereocenters. The van der Waals surface area contributed by atoms with Crippen LogP contribution in [0.2, 0.25) is 0 Å². The van der Waals surface area contributed by atoms with Crippen molar-refractivity contribution in [2.75, 3.05) is 5.75 Å². The fourth-order valence-electron chi connectivity index (χ4n) is 4.29.